The van der Waals surface area contributed by atoms with Crippen molar-refractivity contribution in [2.24, 2.45) is 11.8 Å². The molecule has 1 saturated heterocycles. The summed E-state index contributed by atoms with van der Waals surface area (Å²) in [6.45, 7) is 5.96. The van der Waals surface area contributed by atoms with Crippen LogP contribution in [0.1, 0.15) is 39.0 Å². The smallest absolute Gasteiger partial charge is 0.226 e. The van der Waals surface area contributed by atoms with E-state index in [9.17, 15) is 4.79 Å². The van der Waals surface area contributed by atoms with Gasteiger partial charge in [0.15, 0.2) is 0 Å². The fourth-order valence-corrected chi connectivity index (χ4v) is 2.68. The first-order valence-corrected chi connectivity index (χ1v) is 6.80. The van der Waals surface area contributed by atoms with Gasteiger partial charge in [0, 0.05) is 19.6 Å². The fourth-order valence-electron chi connectivity index (χ4n) is 2.68. The van der Waals surface area contributed by atoms with Crippen molar-refractivity contribution in [3.8, 4) is 0 Å². The highest BCUT2D eigenvalue weighted by Crippen LogP contribution is 2.27. The van der Waals surface area contributed by atoms with Crippen LogP contribution in [0.2, 0.25) is 0 Å². The zero-order valence-electron chi connectivity index (χ0n) is 10.4. The summed E-state index contributed by atoms with van der Waals surface area (Å²) in [6, 6.07) is 0. The van der Waals surface area contributed by atoms with Gasteiger partial charge in [-0.3, -0.25) is 4.79 Å². The molecular weight excluding hydrogens is 200 g/mol. The number of nitrogens with zero attached hydrogens (tertiary/aromatic N) is 1. The number of amides is 1. The largest absolute Gasteiger partial charge is 0.342 e. The molecule has 1 atom stereocenters. The Bertz CT molecular complexity index is 232. The van der Waals surface area contributed by atoms with Gasteiger partial charge in [0.1, 0.15) is 0 Å². The average Bonchev–Trinajstić information content (AvgIpc) is 2.28. The number of rotatable bonds is 4. The summed E-state index contributed by atoms with van der Waals surface area (Å²) in [6.07, 6.45) is 6.24. The number of hydrogen-bond acceptors (Lipinski definition) is 2. The van der Waals surface area contributed by atoms with E-state index in [1.165, 1.54) is 19.3 Å². The Hall–Kier alpha value is -0.570. The topological polar surface area (TPSA) is 32.3 Å². The van der Waals surface area contributed by atoms with Crippen molar-refractivity contribution in [2.45, 2.75) is 39.0 Å². The van der Waals surface area contributed by atoms with Crippen molar-refractivity contribution in [3.05, 3.63) is 0 Å². The van der Waals surface area contributed by atoms with E-state index in [-0.39, 0.29) is 5.92 Å². The number of piperidine rings is 1. The molecule has 1 heterocycles. The summed E-state index contributed by atoms with van der Waals surface area (Å²) >= 11 is 0. The van der Waals surface area contributed by atoms with Crippen LogP contribution < -0.4 is 5.32 Å². The highest BCUT2D eigenvalue weighted by Gasteiger charge is 2.28. The fraction of sp³-hybridized carbons (Fsp3) is 0.923. The molecule has 1 unspecified atom stereocenters. The Morgan fingerprint density at radius 3 is 2.62 bits per heavy atom. The molecule has 1 N–H and O–H groups in total. The summed E-state index contributed by atoms with van der Waals surface area (Å²) < 4.78 is 0. The Morgan fingerprint density at radius 1 is 1.31 bits per heavy atom. The molecule has 1 saturated carbocycles. The molecular formula is C13H24N2O. The minimum Gasteiger partial charge on any atom is -0.342 e. The van der Waals surface area contributed by atoms with Gasteiger partial charge in [-0.1, -0.05) is 6.42 Å². The number of carbonyl (C=O) groups excluding carboxylic acids is 1. The second-order valence-electron chi connectivity index (χ2n) is 5.22. The number of nitrogens with one attached hydrogen (secondary N) is 1. The normalized spacial score (nSPS) is 26.2. The maximum Gasteiger partial charge on any atom is 0.226 e. The molecule has 92 valence electrons. The van der Waals surface area contributed by atoms with E-state index in [2.05, 4.69) is 17.1 Å². The molecule has 2 fully saturated rings. The van der Waals surface area contributed by atoms with E-state index in [1.807, 2.05) is 0 Å². The van der Waals surface area contributed by atoms with Gasteiger partial charge >= 0.3 is 0 Å². The third-order valence-electron chi connectivity index (χ3n) is 4.04. The Kier molecular flexibility index (Phi) is 4.22. The highest BCUT2D eigenvalue weighted by molar-refractivity contribution is 5.79. The third-order valence-corrected chi connectivity index (χ3v) is 4.04. The molecule has 0 radical (unpaired) electrons. The third kappa shape index (κ3) is 2.76. The maximum absolute atomic E-state index is 12.3. The minimum absolute atomic E-state index is 0.244. The predicted molar refractivity (Wildman–Crippen MR) is 65.2 cm³/mol. The summed E-state index contributed by atoms with van der Waals surface area (Å²) in [5.41, 5.74) is 0. The average molecular weight is 224 g/mol. The lowest BCUT2D eigenvalue weighted by atomic mass is 9.84. The van der Waals surface area contributed by atoms with E-state index in [4.69, 9.17) is 0 Å². The Labute approximate surface area is 98.6 Å². The molecule has 2 aliphatic rings. The molecule has 16 heavy (non-hydrogen) atoms. The van der Waals surface area contributed by atoms with Gasteiger partial charge in [-0.25, -0.2) is 0 Å². The lowest BCUT2D eigenvalue weighted by Gasteiger charge is -2.34. The van der Waals surface area contributed by atoms with Gasteiger partial charge in [-0.2, -0.15) is 0 Å². The minimum atomic E-state index is 0.244. The van der Waals surface area contributed by atoms with Crippen molar-refractivity contribution in [1.29, 1.82) is 0 Å². The van der Waals surface area contributed by atoms with Crippen molar-refractivity contribution in [1.82, 2.24) is 10.2 Å². The van der Waals surface area contributed by atoms with Crippen LogP contribution in [0, 0.1) is 11.8 Å². The van der Waals surface area contributed by atoms with Crippen molar-refractivity contribution >= 4 is 5.91 Å². The summed E-state index contributed by atoms with van der Waals surface area (Å²) in [5.74, 6) is 1.43. The molecule has 3 nitrogen and oxygen atoms in total. The Balaban J connectivity index is 1.83. The first-order valence-electron chi connectivity index (χ1n) is 6.80. The van der Waals surface area contributed by atoms with Crippen molar-refractivity contribution in [2.75, 3.05) is 26.2 Å². The first-order chi connectivity index (χ1) is 7.81. The molecule has 0 bridgehead atoms. The molecule has 0 aromatic rings. The van der Waals surface area contributed by atoms with Crippen LogP contribution in [-0.4, -0.2) is 37.0 Å². The number of hydrogen-bond donors (Lipinski definition) is 1. The van der Waals surface area contributed by atoms with Gasteiger partial charge < -0.3 is 10.2 Å². The number of carbonyl (C=O) groups is 1. The van der Waals surface area contributed by atoms with Gasteiger partial charge in [0.2, 0.25) is 5.91 Å². The lowest BCUT2D eigenvalue weighted by Crippen LogP contribution is -2.45. The van der Waals surface area contributed by atoms with Gasteiger partial charge in [0.25, 0.3) is 0 Å². The van der Waals surface area contributed by atoms with Crippen molar-refractivity contribution in [3.63, 3.8) is 0 Å². The molecule has 1 aliphatic carbocycles. The first kappa shape index (κ1) is 11.9. The molecule has 0 spiro atoms. The molecule has 1 amide bonds. The lowest BCUT2D eigenvalue weighted by molar-refractivity contribution is -0.136. The van der Waals surface area contributed by atoms with Gasteiger partial charge in [0.05, 0.1) is 5.92 Å². The second-order valence-corrected chi connectivity index (χ2v) is 5.22. The van der Waals surface area contributed by atoms with Crippen LogP contribution in [0.3, 0.4) is 0 Å². The van der Waals surface area contributed by atoms with Crippen LogP contribution in [0.5, 0.6) is 0 Å². The van der Waals surface area contributed by atoms with E-state index in [0.717, 1.165) is 44.9 Å². The molecule has 2 rings (SSSR count). The van der Waals surface area contributed by atoms with Crippen LogP contribution in [0.4, 0.5) is 0 Å². The second kappa shape index (κ2) is 5.67. The molecule has 3 heteroatoms. The molecule has 0 aromatic heterocycles. The predicted octanol–water partition coefficient (Wildman–Crippen LogP) is 1.63. The van der Waals surface area contributed by atoms with E-state index < -0.39 is 0 Å². The van der Waals surface area contributed by atoms with Crippen LogP contribution >= 0.6 is 0 Å². The zero-order chi connectivity index (χ0) is 11.4. The maximum atomic E-state index is 12.3. The quantitative estimate of drug-likeness (QED) is 0.787. The molecule has 0 aromatic carbocycles. The van der Waals surface area contributed by atoms with Crippen molar-refractivity contribution < 1.29 is 4.79 Å². The monoisotopic (exact) mass is 224 g/mol. The standard InChI is InChI=1S/C13H24N2O/c1-2-15(10-11-5-3-6-11)13(16)12-7-4-8-14-9-12/h11-12,14H,2-10H2,1H3. The summed E-state index contributed by atoms with van der Waals surface area (Å²) in [5, 5.41) is 3.33. The summed E-state index contributed by atoms with van der Waals surface area (Å²) in [4.78, 5) is 14.4. The van der Waals surface area contributed by atoms with Crippen LogP contribution in [-0.2, 0) is 4.79 Å². The van der Waals surface area contributed by atoms with Gasteiger partial charge in [-0.15, -0.1) is 0 Å². The van der Waals surface area contributed by atoms with Crippen LogP contribution in [0.15, 0.2) is 0 Å². The zero-order valence-corrected chi connectivity index (χ0v) is 10.4. The van der Waals surface area contributed by atoms with Gasteiger partial charge in [-0.05, 0) is 45.1 Å². The highest BCUT2D eigenvalue weighted by atomic mass is 16.2. The van der Waals surface area contributed by atoms with E-state index in [1.54, 1.807) is 0 Å². The Morgan fingerprint density at radius 2 is 2.12 bits per heavy atom. The van der Waals surface area contributed by atoms with E-state index in [0.29, 0.717) is 5.91 Å². The van der Waals surface area contributed by atoms with E-state index >= 15 is 0 Å². The SMILES string of the molecule is CCN(CC1CCC1)C(=O)C1CCCNC1. The van der Waals surface area contributed by atoms with Crippen LogP contribution in [0.25, 0.3) is 0 Å². The molecule has 1 aliphatic heterocycles. The summed E-state index contributed by atoms with van der Waals surface area (Å²) in [7, 11) is 0.